The molecule has 19 heavy (non-hydrogen) atoms. The van der Waals surface area contributed by atoms with E-state index in [-0.39, 0.29) is 0 Å². The summed E-state index contributed by atoms with van der Waals surface area (Å²) in [7, 11) is 0. The summed E-state index contributed by atoms with van der Waals surface area (Å²) in [5.41, 5.74) is 6.68. The molecule has 0 bridgehead atoms. The summed E-state index contributed by atoms with van der Waals surface area (Å²) in [6.45, 7) is 2.10. The molecule has 0 saturated carbocycles. The molecule has 2 aromatic rings. The first-order chi connectivity index (χ1) is 9.18. The Kier molecular flexibility index (Phi) is 6.76. The van der Waals surface area contributed by atoms with Gasteiger partial charge in [-0.25, -0.2) is 0 Å². The van der Waals surface area contributed by atoms with Gasteiger partial charge in [-0.3, -0.25) is 0 Å². The van der Waals surface area contributed by atoms with Crippen molar-refractivity contribution in [2.45, 2.75) is 13.1 Å². The topological polar surface area (TPSA) is 82.8 Å². The van der Waals surface area contributed by atoms with Crippen molar-refractivity contribution in [1.82, 2.24) is 0 Å². The van der Waals surface area contributed by atoms with Gasteiger partial charge in [0.05, 0.1) is 0 Å². The van der Waals surface area contributed by atoms with Crippen molar-refractivity contribution in [3.8, 4) is 0 Å². The third-order valence-corrected chi connectivity index (χ3v) is 2.45. The van der Waals surface area contributed by atoms with Crippen molar-refractivity contribution >= 4 is 6.09 Å². The maximum absolute atomic E-state index is 8.67. The highest BCUT2D eigenvalue weighted by Crippen LogP contribution is 1.96. The lowest BCUT2D eigenvalue weighted by atomic mass is 10.2. The molecule has 0 unspecified atom stereocenters. The van der Waals surface area contributed by atoms with E-state index in [9.17, 15) is 0 Å². The van der Waals surface area contributed by atoms with E-state index in [4.69, 9.17) is 9.90 Å². The molecule has 0 saturated heterocycles. The second-order valence-electron chi connectivity index (χ2n) is 3.99. The predicted molar refractivity (Wildman–Crippen MR) is 71.8 cm³/mol. The van der Waals surface area contributed by atoms with Crippen LogP contribution in [0.1, 0.15) is 11.1 Å². The summed E-state index contributed by atoms with van der Waals surface area (Å²) in [5, 5.41) is 11.0. The van der Waals surface area contributed by atoms with Gasteiger partial charge in [-0.15, -0.1) is 0 Å². The number of primary amides is 1. The van der Waals surface area contributed by atoms with Crippen LogP contribution in [0, 0.1) is 0 Å². The van der Waals surface area contributed by atoms with E-state index in [1.807, 2.05) is 0 Å². The number of rotatable bonds is 4. The fourth-order valence-electron chi connectivity index (χ4n) is 1.63. The van der Waals surface area contributed by atoms with Gasteiger partial charge in [0.15, 0.2) is 0 Å². The van der Waals surface area contributed by atoms with Gasteiger partial charge < -0.3 is 21.0 Å². The molecule has 0 radical (unpaired) electrons. The van der Waals surface area contributed by atoms with Gasteiger partial charge in [-0.1, -0.05) is 60.7 Å². The molecule has 0 heterocycles. The Bertz CT molecular complexity index is 429. The van der Waals surface area contributed by atoms with Crippen molar-refractivity contribution in [3.63, 3.8) is 0 Å². The zero-order valence-corrected chi connectivity index (χ0v) is 10.7. The lowest BCUT2D eigenvalue weighted by Gasteiger charge is -2.01. The van der Waals surface area contributed by atoms with Gasteiger partial charge in [0.2, 0.25) is 0 Å². The van der Waals surface area contributed by atoms with E-state index in [0.717, 1.165) is 13.1 Å². The maximum Gasteiger partial charge on any atom is 0.131 e. The standard InChI is InChI=1S/C14H15N.CH3NO2/c1-3-7-13(8-4-1)11-15-12-14-9-5-2-6-10-14;2-1(3)4/h1-10,15H,11-12H2;2H2,(H,3,4). The largest absolute Gasteiger partial charge is 0.530 e. The van der Waals surface area contributed by atoms with Gasteiger partial charge in [-0.2, -0.15) is 0 Å². The van der Waals surface area contributed by atoms with E-state index >= 15 is 0 Å². The molecule has 4 nitrogen and oxygen atoms in total. The number of amides is 1. The molecule has 0 aliphatic rings. The van der Waals surface area contributed by atoms with Crippen molar-refractivity contribution in [2.75, 3.05) is 0 Å². The smallest absolute Gasteiger partial charge is 0.131 e. The Balaban J connectivity index is 0.000000399. The SMILES string of the molecule is NC(=O)[O-].c1ccc(C[NH2+]Cc2ccccc2)cc1. The number of quaternary nitrogens is 1. The second kappa shape index (κ2) is 8.72. The molecule has 4 heteroatoms. The van der Waals surface area contributed by atoms with Crippen LogP contribution in [-0.2, 0) is 13.1 Å². The Morgan fingerprint density at radius 2 is 1.21 bits per heavy atom. The molecule has 0 fully saturated rings. The van der Waals surface area contributed by atoms with Crippen LogP contribution in [0.2, 0.25) is 0 Å². The number of carboxylic acid groups (broad SMARTS) is 1. The van der Waals surface area contributed by atoms with Crippen LogP contribution in [0.3, 0.4) is 0 Å². The summed E-state index contributed by atoms with van der Waals surface area (Å²) in [6, 6.07) is 21.1. The average molecular weight is 258 g/mol. The van der Waals surface area contributed by atoms with Crippen molar-refractivity contribution in [3.05, 3.63) is 71.8 Å². The Hall–Kier alpha value is -2.33. The van der Waals surface area contributed by atoms with Gasteiger partial charge in [0, 0.05) is 11.1 Å². The molecule has 0 spiro atoms. The Morgan fingerprint density at radius 1 is 0.895 bits per heavy atom. The minimum atomic E-state index is -1.58. The second-order valence-corrected chi connectivity index (χ2v) is 3.99. The van der Waals surface area contributed by atoms with Crippen LogP contribution in [0.5, 0.6) is 0 Å². The van der Waals surface area contributed by atoms with Gasteiger partial charge in [-0.05, 0) is 0 Å². The first kappa shape index (κ1) is 14.7. The summed E-state index contributed by atoms with van der Waals surface area (Å²) >= 11 is 0. The van der Waals surface area contributed by atoms with Crippen LogP contribution in [0.4, 0.5) is 4.79 Å². The third kappa shape index (κ3) is 7.57. The first-order valence-electron chi connectivity index (χ1n) is 6.04. The Morgan fingerprint density at radius 3 is 1.53 bits per heavy atom. The number of carbonyl (C=O) groups is 1. The highest BCUT2D eigenvalue weighted by molar-refractivity contribution is 5.58. The molecule has 1 amide bonds. The molecule has 0 aromatic heterocycles. The van der Waals surface area contributed by atoms with Crippen LogP contribution in [0.15, 0.2) is 60.7 Å². The molecule has 0 aliphatic heterocycles. The maximum atomic E-state index is 8.67. The van der Waals surface area contributed by atoms with Crippen molar-refractivity contribution < 1.29 is 15.2 Å². The van der Waals surface area contributed by atoms with E-state index < -0.39 is 6.09 Å². The highest BCUT2D eigenvalue weighted by atomic mass is 16.4. The lowest BCUT2D eigenvalue weighted by Crippen LogP contribution is -2.80. The van der Waals surface area contributed by atoms with Crippen LogP contribution in [-0.4, -0.2) is 6.09 Å². The molecule has 2 rings (SSSR count). The summed E-state index contributed by atoms with van der Waals surface area (Å²) < 4.78 is 0. The van der Waals surface area contributed by atoms with Gasteiger partial charge >= 0.3 is 0 Å². The number of hydrogen-bond acceptors (Lipinski definition) is 2. The van der Waals surface area contributed by atoms with Gasteiger partial charge in [0.25, 0.3) is 0 Å². The first-order valence-corrected chi connectivity index (χ1v) is 6.04. The lowest BCUT2D eigenvalue weighted by molar-refractivity contribution is -0.686. The minimum absolute atomic E-state index is 1.05. The molecular weight excluding hydrogens is 240 g/mol. The van der Waals surface area contributed by atoms with Crippen LogP contribution in [0.25, 0.3) is 0 Å². The Labute approximate surface area is 112 Å². The number of carbonyl (C=O) groups excluding carboxylic acids is 1. The molecule has 0 atom stereocenters. The monoisotopic (exact) mass is 258 g/mol. The van der Waals surface area contributed by atoms with Crippen LogP contribution < -0.4 is 16.2 Å². The average Bonchev–Trinajstić information content (AvgIpc) is 2.41. The zero-order valence-electron chi connectivity index (χ0n) is 10.7. The normalized spacial score (nSPS) is 9.26. The molecule has 0 aliphatic carbocycles. The fourth-order valence-corrected chi connectivity index (χ4v) is 1.63. The van der Waals surface area contributed by atoms with E-state index in [2.05, 4.69) is 71.7 Å². The van der Waals surface area contributed by atoms with Crippen molar-refractivity contribution in [1.29, 1.82) is 0 Å². The molecular formula is C15H18N2O2. The van der Waals surface area contributed by atoms with Crippen molar-refractivity contribution in [2.24, 2.45) is 5.73 Å². The molecule has 2 aromatic carbocycles. The van der Waals surface area contributed by atoms with Gasteiger partial charge in [0.1, 0.15) is 19.2 Å². The quantitative estimate of drug-likeness (QED) is 0.823. The molecule has 4 N–H and O–H groups in total. The van der Waals surface area contributed by atoms with E-state index in [1.165, 1.54) is 11.1 Å². The molecule has 100 valence electrons. The summed E-state index contributed by atoms with van der Waals surface area (Å²) in [6.07, 6.45) is -1.58. The van der Waals surface area contributed by atoms with E-state index in [0.29, 0.717) is 0 Å². The van der Waals surface area contributed by atoms with E-state index in [1.54, 1.807) is 0 Å². The highest BCUT2D eigenvalue weighted by Gasteiger charge is 1.95. The summed E-state index contributed by atoms with van der Waals surface area (Å²) in [4.78, 5) is 8.67. The number of benzene rings is 2. The zero-order chi connectivity index (χ0) is 13.9. The number of hydrogen-bond donors (Lipinski definition) is 2. The summed E-state index contributed by atoms with van der Waals surface area (Å²) in [5.74, 6) is 0. The minimum Gasteiger partial charge on any atom is -0.530 e. The van der Waals surface area contributed by atoms with Crippen LogP contribution >= 0.6 is 0 Å². The third-order valence-electron chi connectivity index (χ3n) is 2.45. The fraction of sp³-hybridized carbons (Fsp3) is 0.133. The number of nitrogens with two attached hydrogens (primary N) is 2. The predicted octanol–water partition coefficient (Wildman–Crippen LogP) is 0.239.